The van der Waals surface area contributed by atoms with Crippen molar-refractivity contribution in [1.82, 2.24) is 5.32 Å². The first-order chi connectivity index (χ1) is 8.26. The van der Waals surface area contributed by atoms with E-state index in [2.05, 4.69) is 5.32 Å². The van der Waals surface area contributed by atoms with Crippen molar-refractivity contribution in [2.24, 2.45) is 0 Å². The van der Waals surface area contributed by atoms with E-state index in [0.717, 1.165) is 10.1 Å². The van der Waals surface area contributed by atoms with Gasteiger partial charge in [0.15, 0.2) is 5.78 Å². The molecule has 0 fully saturated rings. The Hall–Kier alpha value is -1.26. The predicted molar refractivity (Wildman–Crippen MR) is 69.6 cm³/mol. The summed E-state index contributed by atoms with van der Waals surface area (Å²) in [6, 6.07) is 6.78. The number of fused-ring (bicyclic) bond motifs is 1. The molecule has 90 valence electrons. The molecule has 0 aliphatic rings. The lowest BCUT2D eigenvalue weighted by Gasteiger charge is -2.12. The van der Waals surface area contributed by atoms with Crippen LogP contribution in [0, 0.1) is 0 Å². The first-order valence-electron chi connectivity index (χ1n) is 5.57. The SMILES string of the molecule is CCNC(CF)C(=O)c1ccc2ccsc2c1. The van der Waals surface area contributed by atoms with Gasteiger partial charge in [0, 0.05) is 10.3 Å². The van der Waals surface area contributed by atoms with Crippen molar-refractivity contribution in [3.63, 3.8) is 0 Å². The number of hydrogen-bond donors (Lipinski definition) is 1. The zero-order valence-corrected chi connectivity index (χ0v) is 10.4. The standard InChI is InChI=1S/C13H14FNOS/c1-2-15-11(8-14)13(16)10-4-3-9-5-6-17-12(9)7-10/h3-7,11,15H,2,8H2,1H3. The molecule has 0 aliphatic carbocycles. The fourth-order valence-corrected chi connectivity index (χ4v) is 2.60. The van der Waals surface area contributed by atoms with Crippen LogP contribution in [0.2, 0.25) is 0 Å². The van der Waals surface area contributed by atoms with Crippen LogP contribution in [0.25, 0.3) is 10.1 Å². The maximum atomic E-state index is 12.8. The maximum Gasteiger partial charge on any atom is 0.182 e. The van der Waals surface area contributed by atoms with Gasteiger partial charge in [-0.2, -0.15) is 0 Å². The highest BCUT2D eigenvalue weighted by molar-refractivity contribution is 7.17. The van der Waals surface area contributed by atoms with Gasteiger partial charge in [-0.25, -0.2) is 4.39 Å². The Balaban J connectivity index is 2.28. The predicted octanol–water partition coefficient (Wildman–Crippen LogP) is 3.03. The van der Waals surface area contributed by atoms with Crippen molar-refractivity contribution in [1.29, 1.82) is 0 Å². The summed E-state index contributed by atoms with van der Waals surface area (Å²) < 4.78 is 13.8. The molecule has 2 rings (SSSR count). The Kier molecular flexibility index (Phi) is 3.86. The van der Waals surface area contributed by atoms with Gasteiger partial charge in [-0.3, -0.25) is 4.79 Å². The number of carbonyl (C=O) groups excluding carboxylic acids is 1. The van der Waals surface area contributed by atoms with Gasteiger partial charge in [-0.15, -0.1) is 11.3 Å². The molecule has 0 amide bonds. The molecule has 4 heteroatoms. The van der Waals surface area contributed by atoms with Gasteiger partial charge in [0.25, 0.3) is 0 Å². The number of rotatable bonds is 5. The Morgan fingerprint density at radius 1 is 1.47 bits per heavy atom. The van der Waals surface area contributed by atoms with Gasteiger partial charge >= 0.3 is 0 Å². The zero-order valence-electron chi connectivity index (χ0n) is 9.57. The molecule has 0 spiro atoms. The largest absolute Gasteiger partial charge is 0.305 e. The third-order valence-electron chi connectivity index (χ3n) is 2.66. The Labute approximate surface area is 103 Å². The van der Waals surface area contributed by atoms with Crippen LogP contribution in [-0.4, -0.2) is 25.0 Å². The Bertz CT molecular complexity index is 523. The normalized spacial score (nSPS) is 12.8. The summed E-state index contributed by atoms with van der Waals surface area (Å²) >= 11 is 1.59. The Morgan fingerprint density at radius 3 is 3.00 bits per heavy atom. The van der Waals surface area contributed by atoms with Gasteiger partial charge < -0.3 is 5.32 Å². The van der Waals surface area contributed by atoms with E-state index in [9.17, 15) is 9.18 Å². The van der Waals surface area contributed by atoms with Crippen LogP contribution >= 0.6 is 11.3 Å². The summed E-state index contributed by atoms with van der Waals surface area (Å²) in [5, 5.41) is 5.95. The number of thiophene rings is 1. The molecule has 0 aliphatic heterocycles. The molecule has 1 aromatic carbocycles. The highest BCUT2D eigenvalue weighted by Crippen LogP contribution is 2.22. The fraction of sp³-hybridized carbons (Fsp3) is 0.308. The van der Waals surface area contributed by atoms with E-state index in [1.165, 1.54) is 0 Å². The lowest BCUT2D eigenvalue weighted by atomic mass is 10.0. The second kappa shape index (κ2) is 5.38. The zero-order chi connectivity index (χ0) is 12.3. The first kappa shape index (κ1) is 12.2. The van der Waals surface area contributed by atoms with Crippen molar-refractivity contribution < 1.29 is 9.18 Å². The van der Waals surface area contributed by atoms with Gasteiger partial charge in [-0.05, 0) is 29.4 Å². The molecule has 0 saturated carbocycles. The number of nitrogens with one attached hydrogen (secondary N) is 1. The molecule has 2 aromatic rings. The topological polar surface area (TPSA) is 29.1 Å². The third kappa shape index (κ3) is 2.53. The molecular weight excluding hydrogens is 237 g/mol. The summed E-state index contributed by atoms with van der Waals surface area (Å²) in [6.45, 7) is 1.77. The minimum atomic E-state index is -0.725. The van der Waals surface area contributed by atoms with E-state index in [1.807, 2.05) is 30.5 Å². The number of hydrogen-bond acceptors (Lipinski definition) is 3. The van der Waals surface area contributed by atoms with Crippen molar-refractivity contribution >= 4 is 27.2 Å². The highest BCUT2D eigenvalue weighted by atomic mass is 32.1. The molecule has 1 N–H and O–H groups in total. The molecule has 1 atom stereocenters. The van der Waals surface area contributed by atoms with Crippen LogP contribution in [0.15, 0.2) is 29.6 Å². The van der Waals surface area contributed by atoms with Gasteiger partial charge in [0.2, 0.25) is 0 Å². The van der Waals surface area contributed by atoms with Crippen molar-refractivity contribution in [3.05, 3.63) is 35.2 Å². The van der Waals surface area contributed by atoms with Crippen LogP contribution < -0.4 is 5.32 Å². The minimum Gasteiger partial charge on any atom is -0.305 e. The third-order valence-corrected chi connectivity index (χ3v) is 3.54. The lowest BCUT2D eigenvalue weighted by molar-refractivity contribution is 0.0929. The molecule has 0 saturated heterocycles. The number of likely N-dealkylation sites (N-methyl/N-ethyl adjacent to an activating group) is 1. The number of carbonyl (C=O) groups is 1. The lowest BCUT2D eigenvalue weighted by Crippen LogP contribution is -2.38. The summed E-state index contributed by atoms with van der Waals surface area (Å²) in [5.41, 5.74) is 0.573. The molecule has 17 heavy (non-hydrogen) atoms. The number of ketones is 1. The second-order valence-electron chi connectivity index (χ2n) is 3.80. The van der Waals surface area contributed by atoms with Gasteiger partial charge in [0.1, 0.15) is 6.67 Å². The summed E-state index contributed by atoms with van der Waals surface area (Å²) in [4.78, 5) is 12.0. The van der Waals surface area contributed by atoms with Gasteiger partial charge in [-0.1, -0.05) is 19.1 Å². The van der Waals surface area contributed by atoms with E-state index in [4.69, 9.17) is 0 Å². The Morgan fingerprint density at radius 2 is 2.29 bits per heavy atom. The first-order valence-corrected chi connectivity index (χ1v) is 6.45. The summed E-state index contributed by atoms with van der Waals surface area (Å²) in [6.07, 6.45) is 0. The maximum absolute atomic E-state index is 12.8. The van der Waals surface area contributed by atoms with E-state index in [0.29, 0.717) is 12.1 Å². The van der Waals surface area contributed by atoms with Gasteiger partial charge in [0.05, 0.1) is 6.04 Å². The minimum absolute atomic E-state index is 0.176. The number of benzene rings is 1. The van der Waals surface area contributed by atoms with Crippen LogP contribution in [0.3, 0.4) is 0 Å². The molecule has 1 aromatic heterocycles. The molecule has 0 bridgehead atoms. The quantitative estimate of drug-likeness (QED) is 0.828. The van der Waals surface area contributed by atoms with Crippen LogP contribution in [0.5, 0.6) is 0 Å². The van der Waals surface area contributed by atoms with Crippen LogP contribution in [0.1, 0.15) is 17.3 Å². The van der Waals surface area contributed by atoms with Crippen molar-refractivity contribution in [2.45, 2.75) is 13.0 Å². The van der Waals surface area contributed by atoms with Crippen molar-refractivity contribution in [2.75, 3.05) is 13.2 Å². The van der Waals surface area contributed by atoms with E-state index < -0.39 is 12.7 Å². The van der Waals surface area contributed by atoms with E-state index in [-0.39, 0.29) is 5.78 Å². The fourth-order valence-electron chi connectivity index (χ4n) is 1.77. The molecular formula is C13H14FNOS. The molecule has 1 heterocycles. The number of halogens is 1. The summed E-state index contributed by atoms with van der Waals surface area (Å²) in [7, 11) is 0. The van der Waals surface area contributed by atoms with E-state index in [1.54, 1.807) is 17.4 Å². The number of alkyl halides is 1. The average molecular weight is 251 g/mol. The molecule has 1 unspecified atom stereocenters. The van der Waals surface area contributed by atoms with Crippen LogP contribution in [0.4, 0.5) is 4.39 Å². The van der Waals surface area contributed by atoms with Crippen molar-refractivity contribution in [3.8, 4) is 0 Å². The highest BCUT2D eigenvalue weighted by Gasteiger charge is 2.19. The molecule has 0 radical (unpaired) electrons. The van der Waals surface area contributed by atoms with Crippen LogP contribution in [-0.2, 0) is 0 Å². The average Bonchev–Trinajstić information content (AvgIpc) is 2.82. The number of Topliss-reactive ketones (excluding diaryl/α,β-unsaturated/α-hetero) is 1. The summed E-state index contributed by atoms with van der Waals surface area (Å²) in [5.74, 6) is -0.176. The molecule has 2 nitrogen and oxygen atoms in total. The monoisotopic (exact) mass is 251 g/mol. The van der Waals surface area contributed by atoms with E-state index >= 15 is 0 Å². The smallest absolute Gasteiger partial charge is 0.182 e. The second-order valence-corrected chi connectivity index (χ2v) is 4.75.